The quantitative estimate of drug-likeness (QED) is 0.500. The number of amides is 1. The molecule has 1 atom stereocenters. The van der Waals surface area contributed by atoms with Crippen molar-refractivity contribution in [3.05, 3.63) is 53.6 Å². The van der Waals surface area contributed by atoms with E-state index in [1.165, 1.54) is 6.42 Å². The minimum Gasteiger partial charge on any atom is -0.462 e. The van der Waals surface area contributed by atoms with E-state index in [0.29, 0.717) is 17.7 Å². The second-order valence-corrected chi connectivity index (χ2v) is 12.1. The van der Waals surface area contributed by atoms with E-state index < -0.39 is 6.34 Å². The van der Waals surface area contributed by atoms with Crippen LogP contribution in [-0.2, 0) is 16.5 Å². The van der Waals surface area contributed by atoms with Crippen LogP contribution in [0.3, 0.4) is 0 Å². The minimum atomic E-state index is -2.51. The smallest absolute Gasteiger partial charge is 0.338 e. The van der Waals surface area contributed by atoms with Gasteiger partial charge in [-0.2, -0.15) is 0 Å². The SMILES string of the molecule is CCOC(=O)c1ccc(N2C(=O)c3cc(N(C)C)ccc3[P@]2(=S)N2CCCCC2)cc1. The van der Waals surface area contributed by atoms with Crippen LogP contribution in [0.1, 0.15) is 46.9 Å². The fourth-order valence-electron chi connectivity index (χ4n) is 4.23. The summed E-state index contributed by atoms with van der Waals surface area (Å²) in [7, 11) is 3.93. The minimum absolute atomic E-state index is 0.0588. The number of esters is 1. The average Bonchev–Trinajstić information content (AvgIpc) is 3.02. The summed E-state index contributed by atoms with van der Waals surface area (Å²) in [5, 5.41) is 0.967. The Bertz CT molecular complexity index is 1050. The summed E-state index contributed by atoms with van der Waals surface area (Å²) in [6.07, 6.45) is 0.867. The van der Waals surface area contributed by atoms with Crippen molar-refractivity contribution < 1.29 is 14.3 Å². The lowest BCUT2D eigenvalue weighted by molar-refractivity contribution is 0.0526. The summed E-state index contributed by atoms with van der Waals surface area (Å²) < 4.78 is 9.27. The van der Waals surface area contributed by atoms with E-state index in [0.717, 1.165) is 42.6 Å². The number of ether oxygens (including phenoxy) is 1. The van der Waals surface area contributed by atoms with Crippen LogP contribution in [-0.4, -0.2) is 50.3 Å². The molecule has 2 aliphatic heterocycles. The molecule has 2 aromatic rings. The van der Waals surface area contributed by atoms with Gasteiger partial charge in [-0.25, -0.2) is 4.79 Å². The number of nitrogens with zero attached hydrogens (tertiary/aromatic N) is 3. The van der Waals surface area contributed by atoms with Crippen molar-refractivity contribution in [1.82, 2.24) is 4.67 Å². The summed E-state index contributed by atoms with van der Waals surface area (Å²) in [5.74, 6) is -0.423. The first-order valence-corrected chi connectivity index (χ1v) is 13.4. The van der Waals surface area contributed by atoms with Crippen molar-refractivity contribution in [2.24, 2.45) is 0 Å². The summed E-state index contributed by atoms with van der Waals surface area (Å²) in [5.41, 5.74) is 2.87. The molecule has 0 saturated carbocycles. The maximum atomic E-state index is 13.7. The van der Waals surface area contributed by atoms with Crippen LogP contribution in [0.25, 0.3) is 0 Å². The van der Waals surface area contributed by atoms with Crippen LogP contribution in [0, 0.1) is 0 Å². The third-order valence-electron chi connectivity index (χ3n) is 5.84. The number of hydrogen-bond acceptors (Lipinski definition) is 5. The zero-order valence-electron chi connectivity index (χ0n) is 18.2. The molecule has 1 saturated heterocycles. The molecule has 1 amide bonds. The number of piperidine rings is 1. The van der Waals surface area contributed by atoms with Gasteiger partial charge in [-0.15, -0.1) is 0 Å². The van der Waals surface area contributed by atoms with E-state index in [9.17, 15) is 9.59 Å². The zero-order valence-corrected chi connectivity index (χ0v) is 19.9. The van der Waals surface area contributed by atoms with Crippen molar-refractivity contribution >= 4 is 46.7 Å². The van der Waals surface area contributed by atoms with E-state index in [1.54, 1.807) is 19.1 Å². The maximum absolute atomic E-state index is 13.7. The molecule has 0 radical (unpaired) electrons. The van der Waals surface area contributed by atoms with Crippen molar-refractivity contribution in [3.8, 4) is 0 Å². The van der Waals surface area contributed by atoms with Gasteiger partial charge in [0.1, 0.15) is 6.34 Å². The van der Waals surface area contributed by atoms with Gasteiger partial charge in [0.15, 0.2) is 0 Å². The van der Waals surface area contributed by atoms with E-state index in [1.807, 2.05) is 54.0 Å². The average molecular weight is 458 g/mol. The number of anilines is 2. The molecule has 2 heterocycles. The molecule has 4 rings (SSSR count). The van der Waals surface area contributed by atoms with Crippen LogP contribution in [0.15, 0.2) is 42.5 Å². The zero-order chi connectivity index (χ0) is 22.2. The summed E-state index contributed by atoms with van der Waals surface area (Å²) >= 11 is 6.39. The standard InChI is InChI=1S/C23H28N3O3PS/c1-4-29-23(28)17-8-10-18(11-9-17)26-22(27)20-16-19(24(2)3)12-13-21(20)30(26,31)25-14-6-5-7-15-25/h8-13,16H,4-7,14-15H2,1-3H3/t30-/m0/s1. The van der Waals surface area contributed by atoms with Gasteiger partial charge in [0.05, 0.1) is 23.4 Å². The molecule has 2 aliphatic rings. The molecule has 0 N–H and O–H groups in total. The van der Waals surface area contributed by atoms with Crippen molar-refractivity contribution in [2.45, 2.75) is 26.2 Å². The van der Waals surface area contributed by atoms with E-state index in [-0.39, 0.29) is 11.9 Å². The van der Waals surface area contributed by atoms with Gasteiger partial charge in [-0.1, -0.05) is 18.2 Å². The van der Waals surface area contributed by atoms with Gasteiger partial charge in [-0.3, -0.25) is 14.1 Å². The van der Waals surface area contributed by atoms with Crippen LogP contribution >= 0.6 is 6.34 Å². The number of fused-ring (bicyclic) bond motifs is 1. The lowest BCUT2D eigenvalue weighted by Gasteiger charge is -2.40. The molecular formula is C23H28N3O3PS. The van der Waals surface area contributed by atoms with E-state index in [2.05, 4.69) is 4.67 Å². The first-order valence-electron chi connectivity index (χ1n) is 10.7. The Balaban J connectivity index is 1.80. The molecule has 1 fully saturated rings. The number of carbonyl (C=O) groups is 2. The first-order chi connectivity index (χ1) is 14.9. The molecule has 0 spiro atoms. The van der Waals surface area contributed by atoms with Gasteiger partial charge >= 0.3 is 5.97 Å². The molecule has 2 aromatic carbocycles. The Kier molecular flexibility index (Phi) is 6.20. The van der Waals surface area contributed by atoms with E-state index in [4.69, 9.17) is 16.5 Å². The predicted octanol–water partition coefficient (Wildman–Crippen LogP) is 4.01. The number of carbonyl (C=O) groups excluding carboxylic acids is 2. The second-order valence-electron chi connectivity index (χ2n) is 8.04. The fourth-order valence-corrected chi connectivity index (χ4v) is 8.84. The van der Waals surface area contributed by atoms with Gasteiger partial charge in [0.2, 0.25) is 0 Å². The third-order valence-corrected chi connectivity index (χ3v) is 10.8. The second kappa shape index (κ2) is 8.73. The van der Waals surface area contributed by atoms with Crippen LogP contribution < -0.4 is 14.9 Å². The first kappa shape index (κ1) is 22.0. The number of rotatable bonds is 5. The fraction of sp³-hybridized carbons (Fsp3) is 0.391. The van der Waals surface area contributed by atoms with Crippen molar-refractivity contribution in [2.75, 3.05) is 43.4 Å². The summed E-state index contributed by atoms with van der Waals surface area (Å²) in [6, 6.07) is 13.1. The van der Waals surface area contributed by atoms with Crippen molar-refractivity contribution in [3.63, 3.8) is 0 Å². The lowest BCUT2D eigenvalue weighted by Crippen LogP contribution is -2.36. The highest BCUT2D eigenvalue weighted by Gasteiger charge is 2.47. The molecule has 0 aliphatic carbocycles. The molecule has 6 nitrogen and oxygen atoms in total. The van der Waals surface area contributed by atoms with Crippen LogP contribution in [0.2, 0.25) is 0 Å². The van der Waals surface area contributed by atoms with Gasteiger partial charge in [0.25, 0.3) is 5.91 Å². The molecule has 0 unspecified atom stereocenters. The van der Waals surface area contributed by atoms with Gasteiger partial charge < -0.3 is 9.64 Å². The topological polar surface area (TPSA) is 53.1 Å². The Morgan fingerprint density at radius 2 is 1.77 bits per heavy atom. The van der Waals surface area contributed by atoms with Crippen molar-refractivity contribution in [1.29, 1.82) is 0 Å². The monoisotopic (exact) mass is 457 g/mol. The highest BCUT2D eigenvalue weighted by Crippen LogP contribution is 2.60. The highest BCUT2D eigenvalue weighted by molar-refractivity contribution is 8.18. The van der Waals surface area contributed by atoms with E-state index >= 15 is 0 Å². The third kappa shape index (κ3) is 3.79. The molecule has 0 aromatic heterocycles. The normalized spacial score (nSPS) is 21.1. The Morgan fingerprint density at radius 1 is 1.10 bits per heavy atom. The highest BCUT2D eigenvalue weighted by atomic mass is 32.4. The van der Waals surface area contributed by atoms with Gasteiger partial charge in [-0.05, 0) is 62.2 Å². The Morgan fingerprint density at radius 3 is 2.39 bits per heavy atom. The Hall–Kier alpha value is -2.21. The summed E-state index contributed by atoms with van der Waals surface area (Å²) in [6.45, 7) is 3.90. The number of hydrogen-bond donors (Lipinski definition) is 0. The molecule has 8 heteroatoms. The molecular weight excluding hydrogens is 429 g/mol. The molecule has 164 valence electrons. The largest absolute Gasteiger partial charge is 0.462 e. The molecule has 0 bridgehead atoms. The maximum Gasteiger partial charge on any atom is 0.338 e. The number of benzene rings is 2. The van der Waals surface area contributed by atoms with Crippen LogP contribution in [0.4, 0.5) is 11.4 Å². The van der Waals surface area contributed by atoms with Gasteiger partial charge in [0, 0.05) is 38.2 Å². The predicted molar refractivity (Wildman–Crippen MR) is 129 cm³/mol. The van der Waals surface area contributed by atoms with Crippen LogP contribution in [0.5, 0.6) is 0 Å². The lowest BCUT2D eigenvalue weighted by atomic mass is 10.1. The Labute approximate surface area is 188 Å². The molecule has 31 heavy (non-hydrogen) atoms. The summed E-state index contributed by atoms with van der Waals surface area (Å²) in [4.78, 5) is 27.8.